The van der Waals surface area contributed by atoms with Crippen LogP contribution in [-0.2, 0) is 20.7 Å². The number of benzene rings is 4. The fraction of sp³-hybridized carbons (Fsp3) is 0.348. The summed E-state index contributed by atoms with van der Waals surface area (Å²) in [5, 5.41) is 16.9. The average molecular weight is 892 g/mol. The van der Waals surface area contributed by atoms with Crippen molar-refractivity contribution in [3.8, 4) is 0 Å². The number of nitrogens with one attached hydrogen (secondary N) is 4. The number of carbonyl (C=O) groups is 5. The summed E-state index contributed by atoms with van der Waals surface area (Å²) >= 11 is 0. The van der Waals surface area contributed by atoms with E-state index in [1.807, 2.05) is 42.5 Å². The first kappa shape index (κ1) is 43.0. The van der Waals surface area contributed by atoms with Crippen LogP contribution in [0.3, 0.4) is 0 Å². The molecule has 0 radical (unpaired) electrons. The Morgan fingerprint density at radius 3 is 2.39 bits per heavy atom. The van der Waals surface area contributed by atoms with Crippen molar-refractivity contribution in [2.75, 3.05) is 79.4 Å². The number of halogens is 2. The molecular weight excluding hydrogens is 844 g/mol. The molecule has 3 saturated heterocycles. The summed E-state index contributed by atoms with van der Waals surface area (Å²) in [5.41, 5.74) is 5.53. The van der Waals surface area contributed by atoms with Crippen molar-refractivity contribution in [1.29, 1.82) is 0 Å². The van der Waals surface area contributed by atoms with Crippen molar-refractivity contribution in [2.24, 2.45) is 0 Å². The van der Waals surface area contributed by atoms with Gasteiger partial charge in [-0.25, -0.2) is 8.78 Å². The molecule has 2 unspecified atom stereocenters. The van der Waals surface area contributed by atoms with E-state index in [0.29, 0.717) is 68.4 Å². The van der Waals surface area contributed by atoms with E-state index < -0.39 is 41.3 Å². The second-order valence-corrected chi connectivity index (χ2v) is 17.5. The van der Waals surface area contributed by atoms with E-state index in [4.69, 9.17) is 4.74 Å². The maximum Gasteiger partial charge on any atom is 0.262 e. The fourth-order valence-corrected chi connectivity index (χ4v) is 9.69. The Kier molecular flexibility index (Phi) is 12.4. The minimum Gasteiger partial charge on any atom is -0.381 e. The van der Waals surface area contributed by atoms with Gasteiger partial charge in [0.2, 0.25) is 11.8 Å². The minimum atomic E-state index is -1.01. The summed E-state index contributed by atoms with van der Waals surface area (Å²) in [6.45, 7) is 7.98. The number of aromatic nitrogens is 2. The van der Waals surface area contributed by atoms with Gasteiger partial charge >= 0.3 is 0 Å². The Morgan fingerprint density at radius 1 is 0.875 bits per heavy atom. The third-order valence-corrected chi connectivity index (χ3v) is 13.4. The van der Waals surface area contributed by atoms with Gasteiger partial charge < -0.3 is 24.9 Å². The molecule has 15 nitrogen and oxygen atoms in total. The van der Waals surface area contributed by atoms with Crippen molar-refractivity contribution >= 4 is 72.1 Å². The van der Waals surface area contributed by atoms with Gasteiger partial charge in [-0.2, -0.15) is 5.10 Å². The number of aromatic amines is 1. The third-order valence-electron chi connectivity index (χ3n) is 12.4. The molecule has 18 heteroatoms. The predicted molar refractivity (Wildman–Crippen MR) is 240 cm³/mol. The zero-order chi connectivity index (χ0) is 44.5. The highest BCUT2D eigenvalue weighted by Gasteiger charge is 2.44. The van der Waals surface area contributed by atoms with E-state index in [-0.39, 0.29) is 35.9 Å². The van der Waals surface area contributed by atoms with Crippen LogP contribution in [0.15, 0.2) is 72.8 Å². The lowest BCUT2D eigenvalue weighted by atomic mass is 10.0. The van der Waals surface area contributed by atoms with Gasteiger partial charge in [-0.3, -0.25) is 44.2 Å². The average Bonchev–Trinajstić information content (AvgIpc) is 3.79. The first-order valence-corrected chi connectivity index (χ1v) is 23.0. The smallest absolute Gasteiger partial charge is 0.262 e. The van der Waals surface area contributed by atoms with Crippen LogP contribution in [0.4, 0.5) is 31.7 Å². The summed E-state index contributed by atoms with van der Waals surface area (Å²) in [5.74, 6) is -3.34. The van der Waals surface area contributed by atoms with Crippen LogP contribution in [0, 0.1) is 11.6 Å². The maximum absolute atomic E-state index is 14.0. The highest BCUT2D eigenvalue weighted by atomic mass is 31.1. The van der Waals surface area contributed by atoms with Crippen LogP contribution >= 0.6 is 8.73 Å². The number of fused-ring (bicyclic) bond motifs is 2. The van der Waals surface area contributed by atoms with Crippen LogP contribution in [0.5, 0.6) is 0 Å². The quantitative estimate of drug-likeness (QED) is 0.0866. The van der Waals surface area contributed by atoms with Gasteiger partial charge in [0.25, 0.3) is 17.7 Å². The van der Waals surface area contributed by atoms with E-state index in [0.717, 1.165) is 73.5 Å². The van der Waals surface area contributed by atoms with Gasteiger partial charge in [0.1, 0.15) is 17.7 Å². The molecule has 0 bridgehead atoms. The Morgan fingerprint density at radius 2 is 1.64 bits per heavy atom. The number of hydrogen-bond donors (Lipinski definition) is 4. The Balaban J connectivity index is 0.846. The van der Waals surface area contributed by atoms with E-state index in [1.165, 1.54) is 12.1 Å². The number of hydrogen-bond acceptors (Lipinski definition) is 11. The van der Waals surface area contributed by atoms with Crippen LogP contribution in [0.2, 0.25) is 0 Å². The zero-order valence-electron chi connectivity index (χ0n) is 35.2. The number of rotatable bonds is 13. The topological polar surface area (TPSA) is 172 Å². The molecule has 4 N–H and O–H groups in total. The molecule has 64 heavy (non-hydrogen) atoms. The summed E-state index contributed by atoms with van der Waals surface area (Å²) in [4.78, 5) is 70.7. The molecule has 0 spiro atoms. The molecule has 1 aromatic heterocycles. The maximum atomic E-state index is 14.0. The molecule has 9 rings (SSSR count). The molecule has 4 aliphatic heterocycles. The number of anilines is 4. The number of amides is 5. The van der Waals surface area contributed by atoms with Crippen molar-refractivity contribution in [3.63, 3.8) is 0 Å². The molecule has 332 valence electrons. The number of imide groups is 2. The van der Waals surface area contributed by atoms with Crippen LogP contribution in [0.25, 0.3) is 10.9 Å². The molecule has 5 aromatic rings. The zero-order valence-corrected chi connectivity index (χ0v) is 36.2. The minimum absolute atomic E-state index is 0.0661. The third kappa shape index (κ3) is 9.05. The fourth-order valence-electron chi connectivity index (χ4n) is 8.97. The van der Waals surface area contributed by atoms with E-state index in [9.17, 15) is 32.8 Å². The first-order chi connectivity index (χ1) is 31.0. The summed E-state index contributed by atoms with van der Waals surface area (Å²) in [6.07, 6.45) is 2.09. The van der Waals surface area contributed by atoms with Gasteiger partial charge in [-0.1, -0.05) is 6.07 Å². The molecule has 4 aromatic carbocycles. The second-order valence-electron chi connectivity index (χ2n) is 16.5. The molecule has 0 saturated carbocycles. The Bertz CT molecular complexity index is 2630. The molecule has 2 atom stereocenters. The number of piperazine rings is 1. The highest BCUT2D eigenvalue weighted by Crippen LogP contribution is 2.34. The SMILES string of the molecule is CPN(CCN1CCN(c2ccc(C(=O)Nc3n[nH]c4ccc(Cc5cc(F)cc(F)c5)cc34)c(NC3CCOCC3)c2)CC1)c1ccc2c(c1)C(=O)N(C1CCC(=O)NC1=O)C2=O. The van der Waals surface area contributed by atoms with Gasteiger partial charge in [0.15, 0.2) is 5.82 Å². The number of nitrogens with zero attached hydrogens (tertiary/aromatic N) is 5. The van der Waals surface area contributed by atoms with Gasteiger partial charge in [-0.05, 0) is 113 Å². The van der Waals surface area contributed by atoms with Crippen LogP contribution in [-0.4, -0.2) is 121 Å². The second kappa shape index (κ2) is 18.4. The van der Waals surface area contributed by atoms with Crippen LogP contribution in [0.1, 0.15) is 67.9 Å². The van der Waals surface area contributed by atoms with E-state index in [1.54, 1.807) is 12.1 Å². The van der Waals surface area contributed by atoms with Crippen molar-refractivity contribution in [1.82, 2.24) is 25.3 Å². The highest BCUT2D eigenvalue weighted by molar-refractivity contribution is 7.39. The molecule has 4 aliphatic rings. The molecule has 3 fully saturated rings. The molecule has 5 heterocycles. The molecular formula is C46H48F2N9O6P. The number of piperidine rings is 1. The van der Waals surface area contributed by atoms with Crippen molar-refractivity contribution < 1.29 is 37.5 Å². The predicted octanol–water partition coefficient (Wildman–Crippen LogP) is 5.53. The molecule has 0 aliphatic carbocycles. The monoisotopic (exact) mass is 891 g/mol. The lowest BCUT2D eigenvalue weighted by Gasteiger charge is -2.37. The number of ether oxygens (including phenoxy) is 1. The summed E-state index contributed by atoms with van der Waals surface area (Å²) in [7, 11) is 0.398. The molecule has 5 amide bonds. The van der Waals surface area contributed by atoms with Gasteiger partial charge in [0.05, 0.1) is 22.2 Å². The Labute approximate surface area is 369 Å². The lowest BCUT2D eigenvalue weighted by Crippen LogP contribution is -2.54. The van der Waals surface area contributed by atoms with Crippen LogP contribution < -0.4 is 25.5 Å². The lowest BCUT2D eigenvalue weighted by molar-refractivity contribution is -0.136. The van der Waals surface area contributed by atoms with Gasteiger partial charge in [0, 0.05) is 93.5 Å². The largest absolute Gasteiger partial charge is 0.381 e. The number of H-pyrrole nitrogens is 1. The van der Waals surface area contributed by atoms with E-state index >= 15 is 0 Å². The Hall–Kier alpha value is -6.29. The van der Waals surface area contributed by atoms with E-state index in [2.05, 4.69) is 47.3 Å². The first-order valence-electron chi connectivity index (χ1n) is 21.5. The normalized spacial score (nSPS) is 18.6. The summed E-state index contributed by atoms with van der Waals surface area (Å²) in [6, 6.07) is 19.2. The summed E-state index contributed by atoms with van der Waals surface area (Å²) < 4.78 is 35.6. The number of carbonyl (C=O) groups excluding carboxylic acids is 5. The van der Waals surface area contributed by atoms with Crippen molar-refractivity contribution in [2.45, 2.75) is 44.2 Å². The standard InChI is InChI=1S/C46H48F2N9O6P/c1-64-56(33-4-5-34-36(25-33)46(62)57(45(34)61)40-8-9-41(58)50-44(40)60)17-14-54-12-15-55(16-13-54)32-3-6-35(39(26-32)49-31-10-18-63-19-11-31)43(59)51-42-37-23-27(2-7-38(37)52-53-42)20-28-21-29(47)24-30(48)22-28/h2-7,21-26,31,40,49,64H,8-20H2,1H3,(H,50,58,60)(H2,51,52,53,59). The van der Waals surface area contributed by atoms with Gasteiger partial charge in [-0.15, -0.1) is 0 Å². The van der Waals surface area contributed by atoms with Crippen molar-refractivity contribution in [3.05, 3.63) is 112 Å².